The molecule has 3 fully saturated rings. The van der Waals surface area contributed by atoms with Crippen LogP contribution in [0.5, 0.6) is 5.75 Å². The topological polar surface area (TPSA) is 158 Å². The maximum Gasteiger partial charge on any atom is 0.255 e. The molecule has 69 heavy (non-hydrogen) atoms. The summed E-state index contributed by atoms with van der Waals surface area (Å²) in [7, 11) is 1.47. The highest BCUT2D eigenvalue weighted by Gasteiger charge is 2.61. The number of nitrogens with zero attached hydrogens (tertiary/aromatic N) is 2. The monoisotopic (exact) mass is 976 g/mol. The quantitative estimate of drug-likeness (QED) is 0.102. The molecular formula is C53H55Cl2FN6O7. The van der Waals surface area contributed by atoms with E-state index in [0.29, 0.717) is 52.4 Å². The number of morpholine rings is 1. The Morgan fingerprint density at radius 2 is 1.81 bits per heavy atom. The van der Waals surface area contributed by atoms with Crippen LogP contribution in [-0.2, 0) is 31.1 Å². The molecule has 0 aromatic heterocycles. The summed E-state index contributed by atoms with van der Waals surface area (Å²) >= 11 is 12.9. The van der Waals surface area contributed by atoms with E-state index in [0.717, 1.165) is 16.8 Å². The molecule has 1 unspecified atom stereocenters. The molecule has 16 heteroatoms. The van der Waals surface area contributed by atoms with E-state index in [9.17, 15) is 24.0 Å². The van der Waals surface area contributed by atoms with E-state index in [1.807, 2.05) is 38.1 Å². The SMILES string of the molecule is COc1cc(C(=O)N2C[C@H](CC#Cc3cccc4c3CN(C3CCC(=O)NC3=O)C4=O)OCC2(C)C)ccc1NC(=O)[C@@H]1N[C@@H](CC(C)(C)C)[C@@]2(CNc3cc(Cl)ccc32)[C@H]1c1cccc(Cl)c1F. The average Bonchev–Trinajstić information content (AvgIpc) is 3.95. The molecule has 5 aliphatic heterocycles. The third-order valence-corrected chi connectivity index (χ3v) is 14.8. The first-order valence-corrected chi connectivity index (χ1v) is 24.0. The lowest BCUT2D eigenvalue weighted by Gasteiger charge is -2.45. The van der Waals surface area contributed by atoms with Crippen molar-refractivity contribution < 1.29 is 37.8 Å². The number of imide groups is 1. The number of carbonyl (C=O) groups is 5. The Morgan fingerprint density at radius 3 is 2.57 bits per heavy atom. The van der Waals surface area contributed by atoms with E-state index in [2.05, 4.69) is 53.9 Å². The van der Waals surface area contributed by atoms with E-state index in [-0.39, 0.29) is 72.5 Å². The zero-order valence-corrected chi connectivity index (χ0v) is 40.9. The molecule has 0 saturated carbocycles. The number of carbonyl (C=O) groups excluding carboxylic acids is 5. The number of benzene rings is 4. The highest BCUT2D eigenvalue weighted by atomic mass is 35.5. The van der Waals surface area contributed by atoms with Crippen LogP contribution in [0.3, 0.4) is 0 Å². The highest BCUT2D eigenvalue weighted by Crippen LogP contribution is 2.57. The third-order valence-electron chi connectivity index (χ3n) is 14.2. The molecule has 0 aliphatic carbocycles. The van der Waals surface area contributed by atoms with Crippen LogP contribution in [0.2, 0.25) is 10.0 Å². The number of anilines is 2. The molecule has 9 rings (SSSR count). The van der Waals surface area contributed by atoms with E-state index in [1.54, 1.807) is 47.4 Å². The lowest BCUT2D eigenvalue weighted by molar-refractivity contribution is -0.137. The van der Waals surface area contributed by atoms with Gasteiger partial charge in [0.25, 0.3) is 11.8 Å². The normalized spacial score (nSPS) is 24.8. The van der Waals surface area contributed by atoms with Gasteiger partial charge in [0.2, 0.25) is 17.7 Å². The zero-order chi connectivity index (χ0) is 49.2. The summed E-state index contributed by atoms with van der Waals surface area (Å²) in [6, 6.07) is 18.8. The number of halogens is 3. The van der Waals surface area contributed by atoms with Gasteiger partial charge in [0.15, 0.2) is 0 Å². The number of fused-ring (bicyclic) bond motifs is 3. The van der Waals surface area contributed by atoms with Gasteiger partial charge in [-0.3, -0.25) is 29.3 Å². The predicted octanol–water partition coefficient (Wildman–Crippen LogP) is 7.83. The number of hydrogen-bond donors (Lipinski definition) is 4. The molecule has 1 spiro atoms. The Hall–Kier alpha value is -5.98. The molecule has 5 amide bonds. The van der Waals surface area contributed by atoms with Gasteiger partial charge in [0, 0.05) is 77.3 Å². The van der Waals surface area contributed by atoms with Crippen LogP contribution in [0.4, 0.5) is 15.8 Å². The summed E-state index contributed by atoms with van der Waals surface area (Å²) in [4.78, 5) is 70.3. The van der Waals surface area contributed by atoms with Gasteiger partial charge in [-0.05, 0) is 97.3 Å². The lowest BCUT2D eigenvalue weighted by atomic mass is 9.63. The van der Waals surface area contributed by atoms with Crippen LogP contribution in [0.25, 0.3) is 0 Å². The Bertz CT molecular complexity index is 2860. The van der Waals surface area contributed by atoms with Crippen molar-refractivity contribution in [3.8, 4) is 17.6 Å². The van der Waals surface area contributed by atoms with E-state index >= 15 is 4.39 Å². The summed E-state index contributed by atoms with van der Waals surface area (Å²) < 4.78 is 28.4. The van der Waals surface area contributed by atoms with Crippen molar-refractivity contribution in [1.29, 1.82) is 0 Å². The molecule has 360 valence electrons. The van der Waals surface area contributed by atoms with Gasteiger partial charge >= 0.3 is 0 Å². The summed E-state index contributed by atoms with van der Waals surface area (Å²) in [6.45, 7) is 11.4. The number of rotatable bonds is 8. The summed E-state index contributed by atoms with van der Waals surface area (Å²) in [6.07, 6.45) is 0.965. The molecule has 3 saturated heterocycles. The van der Waals surface area contributed by atoms with Crippen LogP contribution < -0.4 is 26.0 Å². The molecule has 4 aromatic rings. The molecule has 0 radical (unpaired) electrons. The molecule has 0 bridgehead atoms. The van der Waals surface area contributed by atoms with Gasteiger partial charge in [-0.15, -0.1) is 0 Å². The van der Waals surface area contributed by atoms with E-state index in [4.69, 9.17) is 32.7 Å². The van der Waals surface area contributed by atoms with Crippen molar-refractivity contribution in [1.82, 2.24) is 20.4 Å². The second kappa shape index (κ2) is 18.4. The first-order valence-electron chi connectivity index (χ1n) is 23.2. The van der Waals surface area contributed by atoms with Crippen LogP contribution in [0.1, 0.15) is 109 Å². The fourth-order valence-electron chi connectivity index (χ4n) is 10.9. The minimum Gasteiger partial charge on any atom is -0.495 e. The number of nitrogens with one attached hydrogen (secondary N) is 4. The Labute approximate surface area is 411 Å². The van der Waals surface area contributed by atoms with Crippen molar-refractivity contribution in [2.24, 2.45) is 5.41 Å². The number of ether oxygens (including phenoxy) is 2. The Balaban J connectivity index is 0.936. The minimum atomic E-state index is -0.924. The molecule has 5 heterocycles. The van der Waals surface area contributed by atoms with Crippen molar-refractivity contribution in [2.45, 2.75) is 108 Å². The zero-order valence-electron chi connectivity index (χ0n) is 39.4. The molecule has 6 atom stereocenters. The van der Waals surface area contributed by atoms with Crippen LogP contribution >= 0.6 is 23.2 Å². The third kappa shape index (κ3) is 8.95. The molecule has 4 N–H and O–H groups in total. The van der Waals surface area contributed by atoms with Gasteiger partial charge in [-0.1, -0.05) is 80.1 Å². The lowest BCUT2D eigenvalue weighted by Crippen LogP contribution is -2.58. The van der Waals surface area contributed by atoms with Crippen molar-refractivity contribution in [3.63, 3.8) is 0 Å². The molecule has 4 aromatic carbocycles. The molecule has 5 aliphatic rings. The summed E-state index contributed by atoms with van der Waals surface area (Å²) in [5, 5.41) is 13.1. The van der Waals surface area contributed by atoms with Gasteiger partial charge in [0.05, 0.1) is 42.1 Å². The van der Waals surface area contributed by atoms with Gasteiger partial charge in [0.1, 0.15) is 17.6 Å². The average molecular weight is 978 g/mol. The van der Waals surface area contributed by atoms with Gasteiger partial charge in [-0.25, -0.2) is 4.39 Å². The summed E-state index contributed by atoms with van der Waals surface area (Å²) in [5.41, 5.74) is 2.98. The van der Waals surface area contributed by atoms with Crippen LogP contribution in [0.15, 0.2) is 72.8 Å². The molecule has 13 nitrogen and oxygen atoms in total. The van der Waals surface area contributed by atoms with Gasteiger partial charge < -0.3 is 35.2 Å². The van der Waals surface area contributed by atoms with Crippen molar-refractivity contribution in [2.75, 3.05) is 37.4 Å². The van der Waals surface area contributed by atoms with Crippen molar-refractivity contribution in [3.05, 3.63) is 122 Å². The van der Waals surface area contributed by atoms with Crippen molar-refractivity contribution >= 4 is 64.1 Å². The summed E-state index contributed by atoms with van der Waals surface area (Å²) in [5.74, 6) is 3.61. The van der Waals surface area contributed by atoms with E-state index in [1.165, 1.54) is 18.1 Å². The minimum absolute atomic E-state index is 0.0385. The fraction of sp³-hybridized carbons (Fsp3) is 0.415. The van der Waals surface area contributed by atoms with Crippen LogP contribution in [0, 0.1) is 23.1 Å². The largest absolute Gasteiger partial charge is 0.495 e. The number of piperidine rings is 1. The standard InChI is InChI=1S/C53H55Cl2FN6O7/c1-51(2,3)24-42-53(27-57-39-23-31(54)17-18-36(39)53)44(34-14-9-15-37(55)45(34)56)46(59-42)48(65)58-38-19-16-30(22-41(38)68-6)49(66)62-25-32(69-28-52(62,4)5)12-7-10-29-11-8-13-33-35(29)26-61(50(33)67)40-20-21-43(63)60-47(40)64/h8-9,11,13-19,22-23,32,40,42,44,46,57,59H,12,20-21,24-28H2,1-6H3,(H,58,65)(H,60,63,64)/t32-,40?,42-,44-,46+,53-/m0/s1. The number of hydrogen-bond acceptors (Lipinski definition) is 9. The highest BCUT2D eigenvalue weighted by molar-refractivity contribution is 6.31. The molecular weight excluding hydrogens is 923 g/mol. The smallest absolute Gasteiger partial charge is 0.255 e. The van der Waals surface area contributed by atoms with E-state index < -0.39 is 52.7 Å². The van der Waals surface area contributed by atoms with Crippen LogP contribution in [-0.4, -0.2) is 95.9 Å². The maximum absolute atomic E-state index is 16.4. The fourth-order valence-corrected chi connectivity index (χ4v) is 11.3. The Morgan fingerprint density at radius 1 is 1.03 bits per heavy atom. The number of methoxy groups -OCH3 is 1. The number of amides is 5. The second-order valence-corrected chi connectivity index (χ2v) is 21.3. The Kier molecular flexibility index (Phi) is 12.8. The second-order valence-electron chi connectivity index (χ2n) is 20.5. The maximum atomic E-state index is 16.4. The first kappa shape index (κ1) is 48.1. The predicted molar refractivity (Wildman–Crippen MR) is 261 cm³/mol. The van der Waals surface area contributed by atoms with Gasteiger partial charge in [-0.2, -0.15) is 0 Å². The first-order chi connectivity index (χ1) is 32.8.